The number of aliphatic carboxylic acids is 1. The van der Waals surface area contributed by atoms with Gasteiger partial charge in [-0.3, -0.25) is 14.1 Å². The number of hydrogen-bond donors (Lipinski definition) is 1. The van der Waals surface area contributed by atoms with Crippen LogP contribution in [0.5, 0.6) is 0 Å². The minimum Gasteiger partial charge on any atom is -0.481 e. The van der Waals surface area contributed by atoms with Gasteiger partial charge in [0.15, 0.2) is 0 Å². The first-order valence-electron chi connectivity index (χ1n) is 6.76. The number of aryl methyl sites for hydroxylation is 2. The minimum absolute atomic E-state index is 0.150. The second kappa shape index (κ2) is 6.00. The van der Waals surface area contributed by atoms with Crippen LogP contribution in [0.2, 0.25) is 0 Å². The third-order valence-corrected chi connectivity index (χ3v) is 3.29. The van der Waals surface area contributed by atoms with Crippen LogP contribution in [0.4, 0.5) is 0 Å². The fourth-order valence-corrected chi connectivity index (χ4v) is 2.23. The van der Waals surface area contributed by atoms with E-state index in [1.54, 1.807) is 0 Å². The molecule has 0 amide bonds. The third kappa shape index (κ3) is 3.33. The van der Waals surface area contributed by atoms with Crippen molar-refractivity contribution in [1.82, 2.24) is 19.3 Å². The number of carboxylic acids is 1. The van der Waals surface area contributed by atoms with Gasteiger partial charge in [-0.25, -0.2) is 9.97 Å². The summed E-state index contributed by atoms with van der Waals surface area (Å²) in [4.78, 5) is 21.6. The van der Waals surface area contributed by atoms with Crippen molar-refractivity contribution in [3.63, 3.8) is 0 Å². The van der Waals surface area contributed by atoms with E-state index in [1.807, 2.05) is 37.4 Å². The van der Waals surface area contributed by atoms with Crippen molar-refractivity contribution in [2.45, 2.75) is 33.7 Å². The van der Waals surface area contributed by atoms with Gasteiger partial charge in [-0.1, -0.05) is 6.92 Å². The molecule has 20 heavy (non-hydrogen) atoms. The highest BCUT2D eigenvalue weighted by atomic mass is 16.4. The molecule has 108 valence electrons. The van der Waals surface area contributed by atoms with Crippen molar-refractivity contribution in [3.05, 3.63) is 29.3 Å². The zero-order valence-corrected chi connectivity index (χ0v) is 12.1. The Morgan fingerprint density at radius 2 is 2.15 bits per heavy atom. The second-order valence-electron chi connectivity index (χ2n) is 4.95. The number of carboxylic acid groups (broad SMARTS) is 1. The predicted octanol–water partition coefficient (Wildman–Crippen LogP) is 1.64. The summed E-state index contributed by atoms with van der Waals surface area (Å²) in [5, 5.41) is 8.75. The predicted molar refractivity (Wildman–Crippen MR) is 75.7 cm³/mol. The van der Waals surface area contributed by atoms with E-state index in [2.05, 4.69) is 14.9 Å². The lowest BCUT2D eigenvalue weighted by atomic mass is 10.3. The maximum absolute atomic E-state index is 10.6. The lowest BCUT2D eigenvalue weighted by Gasteiger charge is -2.17. The quantitative estimate of drug-likeness (QED) is 0.868. The Bertz CT molecular complexity index is 621. The lowest BCUT2D eigenvalue weighted by molar-refractivity contribution is -0.137. The Hall–Kier alpha value is -1.95. The molecule has 6 nitrogen and oxygen atoms in total. The molecule has 2 heterocycles. The van der Waals surface area contributed by atoms with E-state index in [4.69, 9.17) is 5.11 Å². The number of nitrogens with zero attached hydrogens (tertiary/aromatic N) is 4. The van der Waals surface area contributed by atoms with Crippen molar-refractivity contribution in [3.8, 4) is 0 Å². The van der Waals surface area contributed by atoms with Crippen LogP contribution in [0, 0.1) is 13.8 Å². The van der Waals surface area contributed by atoms with E-state index in [0.717, 1.165) is 23.6 Å². The molecule has 0 spiro atoms. The van der Waals surface area contributed by atoms with Gasteiger partial charge in [-0.05, 0) is 26.5 Å². The Morgan fingerprint density at radius 1 is 1.40 bits per heavy atom. The molecular formula is C14H20N4O2. The van der Waals surface area contributed by atoms with Crippen LogP contribution in [0.3, 0.4) is 0 Å². The van der Waals surface area contributed by atoms with E-state index >= 15 is 0 Å². The van der Waals surface area contributed by atoms with Gasteiger partial charge in [-0.2, -0.15) is 0 Å². The van der Waals surface area contributed by atoms with Crippen LogP contribution in [-0.2, 0) is 11.3 Å². The normalized spacial score (nSPS) is 11.4. The molecule has 0 aliphatic rings. The number of imidazole rings is 1. The van der Waals surface area contributed by atoms with E-state index in [9.17, 15) is 4.79 Å². The summed E-state index contributed by atoms with van der Waals surface area (Å²) in [5.74, 6) is -0.0709. The van der Waals surface area contributed by atoms with Crippen molar-refractivity contribution >= 4 is 11.7 Å². The topological polar surface area (TPSA) is 70.7 Å². The smallest absolute Gasteiger partial charge is 0.304 e. The molecule has 0 fully saturated rings. The Morgan fingerprint density at radius 3 is 2.80 bits per heavy atom. The summed E-state index contributed by atoms with van der Waals surface area (Å²) in [7, 11) is 0. The van der Waals surface area contributed by atoms with Crippen molar-refractivity contribution < 1.29 is 9.90 Å². The molecule has 2 rings (SSSR count). The molecule has 0 atom stereocenters. The molecule has 2 aromatic heterocycles. The molecule has 0 radical (unpaired) electrons. The monoisotopic (exact) mass is 276 g/mol. The van der Waals surface area contributed by atoms with Crippen LogP contribution in [0.1, 0.15) is 30.4 Å². The zero-order chi connectivity index (χ0) is 14.7. The summed E-state index contributed by atoms with van der Waals surface area (Å²) >= 11 is 0. The minimum atomic E-state index is -0.772. The average Bonchev–Trinajstić information content (AvgIpc) is 2.77. The SMILES string of the molecule is CCN(CCC(=O)O)Cc1cn2c(C)cc(C)nc2n1. The van der Waals surface area contributed by atoms with Gasteiger partial charge >= 0.3 is 5.97 Å². The van der Waals surface area contributed by atoms with Gasteiger partial charge in [0.05, 0.1) is 12.1 Å². The summed E-state index contributed by atoms with van der Waals surface area (Å²) in [6.07, 6.45) is 2.12. The van der Waals surface area contributed by atoms with E-state index in [0.29, 0.717) is 18.9 Å². The van der Waals surface area contributed by atoms with Crippen LogP contribution >= 0.6 is 0 Å². The van der Waals surface area contributed by atoms with Crippen LogP contribution in [0.15, 0.2) is 12.3 Å². The average molecular weight is 276 g/mol. The molecule has 0 unspecified atom stereocenters. The molecule has 0 aliphatic carbocycles. The van der Waals surface area contributed by atoms with Crippen molar-refractivity contribution in [2.75, 3.05) is 13.1 Å². The molecule has 2 aromatic rings. The lowest BCUT2D eigenvalue weighted by Crippen LogP contribution is -2.25. The van der Waals surface area contributed by atoms with Gasteiger partial charge < -0.3 is 5.11 Å². The van der Waals surface area contributed by atoms with Crippen molar-refractivity contribution in [2.24, 2.45) is 0 Å². The Balaban J connectivity index is 2.16. The van der Waals surface area contributed by atoms with Crippen molar-refractivity contribution in [1.29, 1.82) is 0 Å². The number of hydrogen-bond acceptors (Lipinski definition) is 4. The first-order valence-corrected chi connectivity index (χ1v) is 6.76. The first kappa shape index (κ1) is 14.5. The molecule has 6 heteroatoms. The molecule has 0 saturated heterocycles. The van der Waals surface area contributed by atoms with Gasteiger partial charge in [0.25, 0.3) is 0 Å². The summed E-state index contributed by atoms with van der Waals surface area (Å²) < 4.78 is 1.97. The fraction of sp³-hybridized carbons (Fsp3) is 0.500. The van der Waals surface area contributed by atoms with Gasteiger partial charge in [0.1, 0.15) is 0 Å². The molecule has 0 saturated carbocycles. The largest absolute Gasteiger partial charge is 0.481 e. The standard InChI is InChI=1S/C14H20N4O2/c1-4-17(6-5-13(19)20)8-12-9-18-11(3)7-10(2)15-14(18)16-12/h7,9H,4-6,8H2,1-3H3,(H,19,20). The van der Waals surface area contributed by atoms with Gasteiger partial charge in [0, 0.05) is 30.7 Å². The molecule has 0 bridgehead atoms. The Labute approximate surface area is 118 Å². The highest BCUT2D eigenvalue weighted by molar-refractivity contribution is 5.66. The maximum atomic E-state index is 10.6. The van der Waals surface area contributed by atoms with Crippen LogP contribution < -0.4 is 0 Å². The number of fused-ring (bicyclic) bond motifs is 1. The molecule has 0 aromatic carbocycles. The zero-order valence-electron chi connectivity index (χ0n) is 12.1. The van der Waals surface area contributed by atoms with Gasteiger partial charge in [0.2, 0.25) is 5.78 Å². The fourth-order valence-electron chi connectivity index (χ4n) is 2.23. The highest BCUT2D eigenvalue weighted by Gasteiger charge is 2.10. The highest BCUT2D eigenvalue weighted by Crippen LogP contribution is 2.10. The number of aromatic nitrogens is 3. The number of carbonyl (C=O) groups is 1. The molecular weight excluding hydrogens is 256 g/mol. The van der Waals surface area contributed by atoms with E-state index in [-0.39, 0.29) is 6.42 Å². The van der Waals surface area contributed by atoms with Gasteiger partial charge in [-0.15, -0.1) is 0 Å². The molecule has 1 N–H and O–H groups in total. The van der Waals surface area contributed by atoms with E-state index in [1.165, 1.54) is 0 Å². The summed E-state index contributed by atoms with van der Waals surface area (Å²) in [6, 6.07) is 2.01. The van der Waals surface area contributed by atoms with Crippen LogP contribution in [-0.4, -0.2) is 43.4 Å². The molecule has 0 aliphatic heterocycles. The summed E-state index contributed by atoms with van der Waals surface area (Å²) in [5.41, 5.74) is 2.96. The maximum Gasteiger partial charge on any atom is 0.304 e. The van der Waals surface area contributed by atoms with Crippen LogP contribution in [0.25, 0.3) is 5.78 Å². The first-order chi connectivity index (χ1) is 9.49. The second-order valence-corrected chi connectivity index (χ2v) is 4.95. The van der Waals surface area contributed by atoms with E-state index < -0.39 is 5.97 Å². The Kier molecular flexibility index (Phi) is 4.34. The third-order valence-electron chi connectivity index (χ3n) is 3.29. The summed E-state index contributed by atoms with van der Waals surface area (Å²) in [6.45, 7) is 7.97. The number of rotatable bonds is 6.